The number of aromatic amines is 1. The van der Waals surface area contributed by atoms with Crippen LogP contribution in [-0.4, -0.2) is 45.2 Å². The van der Waals surface area contributed by atoms with Gasteiger partial charge in [-0.2, -0.15) is 0 Å². The number of nitrogens with one attached hydrogen (secondary N) is 3. The first kappa shape index (κ1) is 21.3. The van der Waals surface area contributed by atoms with Gasteiger partial charge in [-0.05, 0) is 42.9 Å². The molecule has 1 saturated heterocycles. The van der Waals surface area contributed by atoms with Gasteiger partial charge in [0.25, 0.3) is 5.91 Å². The summed E-state index contributed by atoms with van der Waals surface area (Å²) >= 11 is 0. The van der Waals surface area contributed by atoms with E-state index in [1.54, 1.807) is 4.90 Å². The molecule has 5 rings (SSSR count). The molecule has 2 aromatic carbocycles. The molecule has 0 bridgehead atoms. The largest absolute Gasteiger partial charge is 0.361 e. The number of fused-ring (bicyclic) bond motifs is 1. The minimum Gasteiger partial charge on any atom is -0.361 e. The molecule has 1 aliphatic heterocycles. The van der Waals surface area contributed by atoms with E-state index in [0.29, 0.717) is 30.5 Å². The minimum atomic E-state index is -0.368. The molecule has 2 fully saturated rings. The smallest absolute Gasteiger partial charge is 0.251 e. The van der Waals surface area contributed by atoms with Crippen LogP contribution in [-0.2, 0) is 17.8 Å². The highest BCUT2D eigenvalue weighted by Gasteiger charge is 2.38. The zero-order valence-corrected chi connectivity index (χ0v) is 19.1. The summed E-state index contributed by atoms with van der Waals surface area (Å²) in [6.07, 6.45) is 4.98. The van der Waals surface area contributed by atoms with Crippen molar-refractivity contribution in [2.75, 3.05) is 6.54 Å². The van der Waals surface area contributed by atoms with Gasteiger partial charge in [-0.3, -0.25) is 15.1 Å². The number of H-pyrrole nitrogens is 1. The molecule has 0 spiro atoms. The van der Waals surface area contributed by atoms with Crippen molar-refractivity contribution < 1.29 is 4.79 Å². The van der Waals surface area contributed by atoms with Gasteiger partial charge in [-0.1, -0.05) is 55.1 Å². The van der Waals surface area contributed by atoms with Gasteiger partial charge in [0.15, 0.2) is 0 Å². The number of hydrogen-bond acceptors (Lipinski definition) is 3. The summed E-state index contributed by atoms with van der Waals surface area (Å²) in [5, 5.41) is 13.3. The van der Waals surface area contributed by atoms with Crippen LogP contribution < -0.4 is 5.32 Å². The molecule has 1 aliphatic carbocycles. The zero-order valence-electron chi connectivity index (χ0n) is 19.1. The third kappa shape index (κ3) is 4.38. The number of benzene rings is 2. The molecule has 2 atom stereocenters. The fourth-order valence-electron chi connectivity index (χ4n) is 4.83. The van der Waals surface area contributed by atoms with Crippen LogP contribution in [0.5, 0.6) is 0 Å². The number of carbonyl (C=O) groups excluding carboxylic acids is 1. The van der Waals surface area contributed by atoms with Crippen molar-refractivity contribution in [3.8, 4) is 0 Å². The molecule has 1 aromatic heterocycles. The standard InChI is InChI=1S/C27H31N5O/c1-18(21-12-13-21)31(16-20-8-4-3-5-9-20)26(28)17-32-19(2)30-25(27(32)33)14-22-15-29-24-11-7-6-10-23(22)24/h3-11,15,18,21,25,28-30H,2,12-14,16-17H2,1H3/t18-,25+/m0/s1. The molecule has 2 heterocycles. The summed E-state index contributed by atoms with van der Waals surface area (Å²) in [6.45, 7) is 7.20. The molecular formula is C27H31N5O. The lowest BCUT2D eigenvalue weighted by Crippen LogP contribution is -2.45. The van der Waals surface area contributed by atoms with Crippen molar-refractivity contribution in [3.63, 3.8) is 0 Å². The fourth-order valence-corrected chi connectivity index (χ4v) is 4.83. The van der Waals surface area contributed by atoms with E-state index < -0.39 is 0 Å². The predicted octanol–water partition coefficient (Wildman–Crippen LogP) is 4.26. The fraction of sp³-hybridized carbons (Fsp3) is 0.333. The van der Waals surface area contributed by atoms with Crippen LogP contribution in [0.2, 0.25) is 0 Å². The second-order valence-electron chi connectivity index (χ2n) is 9.27. The second kappa shape index (κ2) is 8.77. The zero-order chi connectivity index (χ0) is 22.9. The summed E-state index contributed by atoms with van der Waals surface area (Å²) in [7, 11) is 0. The van der Waals surface area contributed by atoms with E-state index in [4.69, 9.17) is 5.41 Å². The normalized spacial score (nSPS) is 19.1. The average molecular weight is 442 g/mol. The van der Waals surface area contributed by atoms with Crippen molar-refractivity contribution in [2.24, 2.45) is 5.92 Å². The van der Waals surface area contributed by atoms with Crippen LogP contribution in [0.15, 0.2) is 73.2 Å². The molecule has 6 heteroatoms. The van der Waals surface area contributed by atoms with Crippen molar-refractivity contribution in [1.29, 1.82) is 5.41 Å². The van der Waals surface area contributed by atoms with E-state index >= 15 is 0 Å². The first-order valence-corrected chi connectivity index (χ1v) is 11.7. The van der Waals surface area contributed by atoms with Crippen molar-refractivity contribution in [1.82, 2.24) is 20.1 Å². The first-order valence-electron chi connectivity index (χ1n) is 11.7. The molecule has 2 aliphatic rings. The van der Waals surface area contributed by atoms with Crippen LogP contribution >= 0.6 is 0 Å². The highest BCUT2D eigenvalue weighted by Crippen LogP contribution is 2.36. The van der Waals surface area contributed by atoms with Crippen LogP contribution in [0.25, 0.3) is 10.9 Å². The molecular weight excluding hydrogens is 410 g/mol. The maximum absolute atomic E-state index is 13.3. The van der Waals surface area contributed by atoms with Gasteiger partial charge in [0, 0.05) is 36.1 Å². The van der Waals surface area contributed by atoms with Crippen LogP contribution in [0.3, 0.4) is 0 Å². The third-order valence-electron chi connectivity index (χ3n) is 6.98. The maximum atomic E-state index is 13.3. The Morgan fingerprint density at radius 2 is 1.91 bits per heavy atom. The van der Waals surface area contributed by atoms with Crippen LogP contribution in [0.4, 0.5) is 0 Å². The second-order valence-corrected chi connectivity index (χ2v) is 9.27. The van der Waals surface area contributed by atoms with Gasteiger partial charge < -0.3 is 15.2 Å². The van der Waals surface area contributed by atoms with E-state index in [2.05, 4.69) is 46.9 Å². The summed E-state index contributed by atoms with van der Waals surface area (Å²) in [4.78, 5) is 20.4. The summed E-state index contributed by atoms with van der Waals surface area (Å²) < 4.78 is 0. The number of rotatable bonds is 8. The molecule has 33 heavy (non-hydrogen) atoms. The highest BCUT2D eigenvalue weighted by molar-refractivity contribution is 5.93. The monoisotopic (exact) mass is 441 g/mol. The highest BCUT2D eigenvalue weighted by atomic mass is 16.2. The van der Waals surface area contributed by atoms with Crippen LogP contribution in [0.1, 0.15) is 30.9 Å². The first-order chi connectivity index (χ1) is 16.0. The molecule has 1 amide bonds. The predicted molar refractivity (Wildman–Crippen MR) is 132 cm³/mol. The van der Waals surface area contributed by atoms with Gasteiger partial charge >= 0.3 is 0 Å². The van der Waals surface area contributed by atoms with E-state index in [1.165, 1.54) is 18.4 Å². The Morgan fingerprint density at radius 3 is 2.67 bits per heavy atom. The Labute approximate surface area is 194 Å². The lowest BCUT2D eigenvalue weighted by atomic mass is 10.1. The number of hydrogen-bond donors (Lipinski definition) is 3. The maximum Gasteiger partial charge on any atom is 0.251 e. The Morgan fingerprint density at radius 1 is 1.18 bits per heavy atom. The van der Waals surface area contributed by atoms with Gasteiger partial charge in [0.05, 0.1) is 6.54 Å². The lowest BCUT2D eigenvalue weighted by Gasteiger charge is -2.33. The molecule has 0 radical (unpaired) electrons. The molecule has 170 valence electrons. The number of para-hydroxylation sites is 1. The topological polar surface area (TPSA) is 75.2 Å². The molecule has 1 saturated carbocycles. The molecule has 3 N–H and O–H groups in total. The number of aromatic nitrogens is 1. The average Bonchev–Trinajstić information content (AvgIpc) is 3.56. The summed E-state index contributed by atoms with van der Waals surface area (Å²) in [5.74, 6) is 1.64. The molecule has 0 unspecified atom stereocenters. The Bertz CT molecular complexity index is 1180. The van der Waals surface area contributed by atoms with Gasteiger partial charge in [-0.15, -0.1) is 0 Å². The lowest BCUT2D eigenvalue weighted by molar-refractivity contribution is -0.127. The minimum absolute atomic E-state index is 0.0197. The quantitative estimate of drug-likeness (QED) is 0.361. The van der Waals surface area contributed by atoms with E-state index in [-0.39, 0.29) is 24.5 Å². The van der Waals surface area contributed by atoms with Crippen LogP contribution in [0, 0.1) is 11.3 Å². The SMILES string of the molecule is C=C1N[C@H](Cc2c[nH]c3ccccc23)C(=O)N1CC(=N)N(Cc1ccccc1)[C@@H](C)C1CC1. The number of carbonyl (C=O) groups is 1. The summed E-state index contributed by atoms with van der Waals surface area (Å²) in [5.41, 5.74) is 3.35. The molecule has 6 nitrogen and oxygen atoms in total. The third-order valence-corrected chi connectivity index (χ3v) is 6.98. The number of amides is 1. The van der Waals surface area contributed by atoms with Crippen molar-refractivity contribution in [3.05, 3.63) is 84.3 Å². The van der Waals surface area contributed by atoms with Crippen molar-refractivity contribution in [2.45, 2.75) is 44.8 Å². The van der Waals surface area contributed by atoms with E-state index in [9.17, 15) is 4.79 Å². The van der Waals surface area contributed by atoms with E-state index in [1.807, 2.05) is 42.6 Å². The molecule has 3 aromatic rings. The Hall–Kier alpha value is -3.54. The van der Waals surface area contributed by atoms with Gasteiger partial charge in [-0.25, -0.2) is 0 Å². The van der Waals surface area contributed by atoms with Crippen molar-refractivity contribution >= 4 is 22.6 Å². The summed E-state index contributed by atoms with van der Waals surface area (Å²) in [6, 6.07) is 18.3. The number of nitrogens with zero attached hydrogens (tertiary/aromatic N) is 2. The van der Waals surface area contributed by atoms with Gasteiger partial charge in [0.1, 0.15) is 17.7 Å². The van der Waals surface area contributed by atoms with E-state index in [0.717, 1.165) is 16.5 Å². The Kier molecular flexibility index (Phi) is 5.67. The van der Waals surface area contributed by atoms with Gasteiger partial charge in [0.2, 0.25) is 0 Å². The Balaban J connectivity index is 1.29. The number of amidine groups is 1.